The van der Waals surface area contributed by atoms with Crippen LogP contribution in [0.4, 0.5) is 0 Å². The molecule has 8 heteroatoms. The zero-order valence-corrected chi connectivity index (χ0v) is 18.2. The number of esters is 1. The lowest BCUT2D eigenvalue weighted by atomic mass is 9.98. The molecule has 0 unspecified atom stereocenters. The summed E-state index contributed by atoms with van der Waals surface area (Å²) in [6, 6.07) is 7.06. The second kappa shape index (κ2) is 8.51. The van der Waals surface area contributed by atoms with E-state index >= 15 is 0 Å². The zero-order valence-electron chi connectivity index (χ0n) is 17.4. The van der Waals surface area contributed by atoms with E-state index in [1.807, 2.05) is 12.1 Å². The van der Waals surface area contributed by atoms with E-state index in [4.69, 9.17) is 9.26 Å². The highest BCUT2D eigenvalue weighted by atomic mass is 32.2. The maximum absolute atomic E-state index is 12.9. The molecule has 7 nitrogen and oxygen atoms in total. The van der Waals surface area contributed by atoms with E-state index in [1.165, 1.54) is 4.31 Å². The van der Waals surface area contributed by atoms with Gasteiger partial charge in [-0.1, -0.05) is 31.1 Å². The largest absolute Gasteiger partial charge is 0.460 e. The summed E-state index contributed by atoms with van der Waals surface area (Å²) < 4.78 is 38.1. The van der Waals surface area contributed by atoms with Crippen LogP contribution in [0.2, 0.25) is 0 Å². The van der Waals surface area contributed by atoms with Crippen LogP contribution >= 0.6 is 0 Å². The Balaban J connectivity index is 1.31. The first-order valence-electron chi connectivity index (χ1n) is 10.6. The fourth-order valence-corrected chi connectivity index (χ4v) is 5.30. The second-order valence-electron chi connectivity index (χ2n) is 8.50. The van der Waals surface area contributed by atoms with E-state index in [1.54, 1.807) is 18.3 Å². The average molecular weight is 433 g/mol. The van der Waals surface area contributed by atoms with Gasteiger partial charge in [0.1, 0.15) is 12.4 Å². The topological polar surface area (TPSA) is 89.7 Å². The Morgan fingerprint density at radius 3 is 2.43 bits per heavy atom. The summed E-state index contributed by atoms with van der Waals surface area (Å²) in [4.78, 5) is 12.8. The molecule has 0 spiro atoms. The Kier molecular flexibility index (Phi) is 5.97. The van der Waals surface area contributed by atoms with Crippen LogP contribution in [0.15, 0.2) is 39.9 Å². The second-order valence-corrected chi connectivity index (χ2v) is 10.4. The Morgan fingerprint density at radius 2 is 1.83 bits per heavy atom. The quantitative estimate of drug-likeness (QED) is 0.618. The molecule has 1 saturated carbocycles. The van der Waals surface area contributed by atoms with Crippen molar-refractivity contribution in [3.63, 3.8) is 0 Å². The van der Waals surface area contributed by atoms with Gasteiger partial charge in [0, 0.05) is 19.0 Å². The third-order valence-corrected chi connectivity index (χ3v) is 7.88. The van der Waals surface area contributed by atoms with Gasteiger partial charge in [-0.25, -0.2) is 8.42 Å². The number of ether oxygens (including phenoxy) is 1. The van der Waals surface area contributed by atoms with Crippen LogP contribution in [0.25, 0.3) is 0 Å². The van der Waals surface area contributed by atoms with Crippen molar-refractivity contribution in [2.45, 2.75) is 62.9 Å². The molecule has 1 aromatic heterocycles. The molecule has 2 aromatic rings. The lowest BCUT2D eigenvalue weighted by Gasteiger charge is -2.30. The molecule has 2 heterocycles. The number of rotatable bonds is 7. The molecule has 0 amide bonds. The molecule has 30 heavy (non-hydrogen) atoms. The number of carbonyl (C=O) groups is 1. The molecule has 1 aliphatic heterocycles. The Morgan fingerprint density at radius 1 is 1.17 bits per heavy atom. The third-order valence-electron chi connectivity index (χ3n) is 5.97. The number of sulfonamides is 1. The van der Waals surface area contributed by atoms with Crippen molar-refractivity contribution in [2.75, 3.05) is 13.1 Å². The van der Waals surface area contributed by atoms with Crippen LogP contribution in [-0.4, -0.2) is 36.9 Å². The normalized spacial score (nSPS) is 18.6. The van der Waals surface area contributed by atoms with Gasteiger partial charge in [0.15, 0.2) is 0 Å². The summed E-state index contributed by atoms with van der Waals surface area (Å²) in [5, 5.41) is 3.81. The zero-order chi connectivity index (χ0) is 21.3. The fourth-order valence-electron chi connectivity index (χ4n) is 3.83. The van der Waals surface area contributed by atoms with E-state index in [0.29, 0.717) is 42.7 Å². The number of piperidine rings is 1. The highest BCUT2D eigenvalue weighted by Gasteiger charge is 2.34. The van der Waals surface area contributed by atoms with Crippen molar-refractivity contribution in [1.82, 2.24) is 9.46 Å². The molecular formula is C22H28N2O5S. The Bertz CT molecular complexity index is 985. The fraction of sp³-hybridized carbons (Fsp3) is 0.545. The Hall–Kier alpha value is -2.19. The summed E-state index contributed by atoms with van der Waals surface area (Å²) in [5.74, 6) is 1.01. The monoisotopic (exact) mass is 432 g/mol. The molecule has 0 radical (unpaired) electrons. The minimum absolute atomic E-state index is 0.162. The number of hydrogen-bond acceptors (Lipinski definition) is 6. The first-order chi connectivity index (χ1) is 14.4. The van der Waals surface area contributed by atoms with Crippen LogP contribution < -0.4 is 0 Å². The van der Waals surface area contributed by atoms with Gasteiger partial charge in [0.25, 0.3) is 0 Å². The molecule has 0 atom stereocenters. The van der Waals surface area contributed by atoms with E-state index in [0.717, 1.165) is 29.7 Å². The van der Waals surface area contributed by atoms with Crippen LogP contribution in [0.3, 0.4) is 0 Å². The molecular weight excluding hydrogens is 404 g/mol. The molecule has 4 rings (SSSR count). The van der Waals surface area contributed by atoms with Gasteiger partial charge in [-0.2, -0.15) is 4.31 Å². The number of nitrogens with zero attached hydrogens (tertiary/aromatic N) is 2. The maximum Gasteiger partial charge on any atom is 0.309 e. The van der Waals surface area contributed by atoms with Gasteiger partial charge in [0.2, 0.25) is 10.0 Å². The predicted octanol–water partition coefficient (Wildman–Crippen LogP) is 3.82. The number of hydrogen-bond donors (Lipinski definition) is 0. The van der Waals surface area contributed by atoms with Crippen molar-refractivity contribution in [2.24, 2.45) is 5.92 Å². The third kappa shape index (κ3) is 4.44. The van der Waals surface area contributed by atoms with E-state index in [2.05, 4.69) is 19.0 Å². The standard InChI is InChI=1S/C22H28N2O5S/c1-15(2)16-5-7-20(8-6-16)30(26,27)24-11-9-18(10-12-24)22(25)28-14-19-13-23-29-21(19)17-3-4-17/h5-8,13,15,17-18H,3-4,9-12,14H2,1-2H3. The molecule has 1 aromatic carbocycles. The first-order valence-corrected chi connectivity index (χ1v) is 12.0. The smallest absolute Gasteiger partial charge is 0.309 e. The minimum atomic E-state index is -3.55. The SMILES string of the molecule is CC(C)c1ccc(S(=O)(=O)N2CCC(C(=O)OCc3cnoc3C3CC3)CC2)cc1. The van der Waals surface area contributed by atoms with Gasteiger partial charge in [-0.05, 0) is 49.3 Å². The van der Waals surface area contributed by atoms with Gasteiger partial charge in [-0.15, -0.1) is 0 Å². The van der Waals surface area contributed by atoms with Gasteiger partial charge >= 0.3 is 5.97 Å². The average Bonchev–Trinajstić information content (AvgIpc) is 3.49. The maximum atomic E-state index is 12.9. The summed E-state index contributed by atoms with van der Waals surface area (Å²) in [5.41, 5.74) is 1.93. The summed E-state index contributed by atoms with van der Waals surface area (Å²) in [6.07, 6.45) is 4.70. The molecule has 1 saturated heterocycles. The molecule has 0 N–H and O–H groups in total. The van der Waals surface area contributed by atoms with Crippen molar-refractivity contribution in [3.8, 4) is 0 Å². The summed E-state index contributed by atoms with van der Waals surface area (Å²) in [6.45, 7) is 4.94. The lowest BCUT2D eigenvalue weighted by Crippen LogP contribution is -2.40. The molecule has 0 bridgehead atoms. The van der Waals surface area contributed by atoms with Gasteiger partial charge < -0.3 is 9.26 Å². The van der Waals surface area contributed by atoms with E-state index in [-0.39, 0.29) is 18.5 Å². The molecule has 1 aliphatic carbocycles. The van der Waals surface area contributed by atoms with Crippen molar-refractivity contribution in [3.05, 3.63) is 47.3 Å². The highest BCUT2D eigenvalue weighted by molar-refractivity contribution is 7.89. The first kappa shape index (κ1) is 21.1. The summed E-state index contributed by atoms with van der Waals surface area (Å²) >= 11 is 0. The molecule has 2 aliphatic rings. The molecule has 2 fully saturated rings. The minimum Gasteiger partial charge on any atom is -0.460 e. The lowest BCUT2D eigenvalue weighted by molar-refractivity contribution is -0.151. The van der Waals surface area contributed by atoms with Crippen LogP contribution in [-0.2, 0) is 26.2 Å². The number of aromatic nitrogens is 1. The highest BCUT2D eigenvalue weighted by Crippen LogP contribution is 2.41. The van der Waals surface area contributed by atoms with Crippen molar-refractivity contribution in [1.29, 1.82) is 0 Å². The van der Waals surface area contributed by atoms with Gasteiger partial charge in [0.05, 0.1) is 22.6 Å². The Labute approximate surface area is 177 Å². The van der Waals surface area contributed by atoms with Crippen LogP contribution in [0, 0.1) is 5.92 Å². The number of benzene rings is 1. The van der Waals surface area contributed by atoms with Crippen molar-refractivity contribution >= 4 is 16.0 Å². The van der Waals surface area contributed by atoms with Gasteiger partial charge in [-0.3, -0.25) is 4.79 Å². The van der Waals surface area contributed by atoms with Crippen LogP contribution in [0.5, 0.6) is 0 Å². The van der Waals surface area contributed by atoms with E-state index < -0.39 is 10.0 Å². The molecule has 162 valence electrons. The van der Waals surface area contributed by atoms with Crippen LogP contribution in [0.1, 0.15) is 68.3 Å². The summed E-state index contributed by atoms with van der Waals surface area (Å²) in [7, 11) is -3.55. The van der Waals surface area contributed by atoms with E-state index in [9.17, 15) is 13.2 Å². The predicted molar refractivity (Wildman–Crippen MR) is 110 cm³/mol. The number of carbonyl (C=O) groups excluding carboxylic acids is 1. The van der Waals surface area contributed by atoms with Crippen molar-refractivity contribution < 1.29 is 22.5 Å².